The number of H-pyrrole nitrogens is 1. The summed E-state index contributed by atoms with van der Waals surface area (Å²) >= 11 is 5.85. The van der Waals surface area contributed by atoms with Crippen LogP contribution in [0.1, 0.15) is 16.1 Å². The van der Waals surface area contributed by atoms with Crippen LogP contribution in [0.4, 0.5) is 5.69 Å². The summed E-state index contributed by atoms with van der Waals surface area (Å²) in [7, 11) is 0. The van der Waals surface area contributed by atoms with Crippen molar-refractivity contribution in [3.8, 4) is 0 Å². The molecule has 0 fully saturated rings. The second-order valence-electron chi connectivity index (χ2n) is 3.33. The zero-order valence-corrected chi connectivity index (χ0v) is 9.27. The smallest absolute Gasteiger partial charge is 0.270 e. The van der Waals surface area contributed by atoms with Crippen molar-refractivity contribution in [3.63, 3.8) is 0 Å². The molecule has 17 heavy (non-hydrogen) atoms. The molecule has 1 heterocycles. The van der Waals surface area contributed by atoms with E-state index in [9.17, 15) is 14.9 Å². The summed E-state index contributed by atoms with van der Waals surface area (Å²) in [5.74, 6) is -0.296. The van der Waals surface area contributed by atoms with Crippen molar-refractivity contribution in [2.24, 2.45) is 0 Å². The molecule has 0 aliphatic heterocycles. The molecule has 1 aromatic heterocycles. The zero-order valence-electron chi connectivity index (χ0n) is 8.51. The van der Waals surface area contributed by atoms with Gasteiger partial charge in [-0.1, -0.05) is 11.6 Å². The van der Waals surface area contributed by atoms with E-state index in [2.05, 4.69) is 4.98 Å². The van der Waals surface area contributed by atoms with Crippen LogP contribution >= 0.6 is 11.6 Å². The fraction of sp³-hybridized carbons (Fsp3) is 0. The molecule has 0 bridgehead atoms. The number of aromatic nitrogens is 1. The standard InChI is InChI=1S/C11H7ClN2O3/c12-9-6-7(14(16)17)3-4-8(9)11(15)10-2-1-5-13-10/h1-6,13H. The Bertz CT molecular complexity index is 578. The Morgan fingerprint density at radius 3 is 2.65 bits per heavy atom. The molecular formula is C11H7ClN2O3. The highest BCUT2D eigenvalue weighted by molar-refractivity contribution is 6.35. The predicted molar refractivity (Wildman–Crippen MR) is 62.3 cm³/mol. The summed E-state index contributed by atoms with van der Waals surface area (Å²) in [5.41, 5.74) is 0.485. The number of carbonyl (C=O) groups excluding carboxylic acids is 1. The van der Waals surface area contributed by atoms with Crippen molar-refractivity contribution in [1.29, 1.82) is 0 Å². The Morgan fingerprint density at radius 2 is 2.12 bits per heavy atom. The topological polar surface area (TPSA) is 76.0 Å². The average Bonchev–Trinajstić information content (AvgIpc) is 2.81. The van der Waals surface area contributed by atoms with Gasteiger partial charge >= 0.3 is 0 Å². The summed E-state index contributed by atoms with van der Waals surface area (Å²) in [6.45, 7) is 0. The van der Waals surface area contributed by atoms with Gasteiger partial charge in [-0.05, 0) is 18.2 Å². The van der Waals surface area contributed by atoms with Gasteiger partial charge in [0, 0.05) is 23.9 Å². The molecule has 0 radical (unpaired) electrons. The van der Waals surface area contributed by atoms with Crippen LogP contribution in [0.2, 0.25) is 5.02 Å². The highest BCUT2D eigenvalue weighted by Crippen LogP contribution is 2.24. The van der Waals surface area contributed by atoms with E-state index in [1.807, 2.05) is 0 Å². The number of benzene rings is 1. The second kappa shape index (κ2) is 4.39. The molecule has 0 spiro atoms. The van der Waals surface area contributed by atoms with Gasteiger partial charge < -0.3 is 4.98 Å². The summed E-state index contributed by atoms with van der Waals surface area (Å²) < 4.78 is 0. The minimum absolute atomic E-state index is 0.0683. The van der Waals surface area contributed by atoms with E-state index in [1.54, 1.807) is 18.3 Å². The molecule has 0 saturated heterocycles. The molecule has 6 heteroatoms. The molecule has 0 atom stereocenters. The van der Waals surface area contributed by atoms with Gasteiger partial charge in [-0.3, -0.25) is 14.9 Å². The maximum absolute atomic E-state index is 11.9. The molecule has 0 aliphatic carbocycles. The lowest BCUT2D eigenvalue weighted by atomic mass is 10.1. The van der Waals surface area contributed by atoms with Crippen LogP contribution in [0, 0.1) is 10.1 Å². The summed E-state index contributed by atoms with van der Waals surface area (Å²) in [4.78, 5) is 24.6. The van der Waals surface area contributed by atoms with Gasteiger partial charge in [-0.2, -0.15) is 0 Å². The van der Waals surface area contributed by atoms with Crippen LogP contribution in [-0.4, -0.2) is 15.7 Å². The molecule has 1 N–H and O–H groups in total. The highest BCUT2D eigenvalue weighted by atomic mass is 35.5. The predicted octanol–water partition coefficient (Wildman–Crippen LogP) is 2.81. The lowest BCUT2D eigenvalue weighted by Crippen LogP contribution is -2.03. The van der Waals surface area contributed by atoms with Crippen molar-refractivity contribution in [2.45, 2.75) is 0 Å². The van der Waals surface area contributed by atoms with Crippen LogP contribution in [0.25, 0.3) is 0 Å². The van der Waals surface area contributed by atoms with Gasteiger partial charge in [0.1, 0.15) is 0 Å². The molecule has 2 rings (SSSR count). The van der Waals surface area contributed by atoms with E-state index in [0.29, 0.717) is 5.69 Å². The van der Waals surface area contributed by atoms with E-state index >= 15 is 0 Å². The van der Waals surface area contributed by atoms with E-state index in [0.717, 1.165) is 6.07 Å². The number of nitrogens with zero attached hydrogens (tertiary/aromatic N) is 1. The average molecular weight is 251 g/mol. The maximum atomic E-state index is 11.9. The number of carbonyl (C=O) groups is 1. The Morgan fingerprint density at radius 1 is 1.35 bits per heavy atom. The summed E-state index contributed by atoms with van der Waals surface area (Å²) in [6, 6.07) is 7.07. The molecule has 86 valence electrons. The first kappa shape index (κ1) is 11.3. The lowest BCUT2D eigenvalue weighted by molar-refractivity contribution is -0.384. The number of ketones is 1. The van der Waals surface area contributed by atoms with Crippen LogP contribution in [0.5, 0.6) is 0 Å². The molecule has 0 unspecified atom stereocenters. The molecule has 0 amide bonds. The Hall–Kier alpha value is -2.14. The van der Waals surface area contributed by atoms with Crippen LogP contribution in [0.15, 0.2) is 36.5 Å². The van der Waals surface area contributed by atoms with Gasteiger partial charge in [-0.25, -0.2) is 0 Å². The molecule has 0 saturated carbocycles. The van der Waals surface area contributed by atoms with Gasteiger partial charge in [0.05, 0.1) is 15.6 Å². The zero-order chi connectivity index (χ0) is 12.4. The van der Waals surface area contributed by atoms with E-state index in [4.69, 9.17) is 11.6 Å². The van der Waals surface area contributed by atoms with Crippen LogP contribution in [-0.2, 0) is 0 Å². The van der Waals surface area contributed by atoms with Crippen molar-refractivity contribution in [1.82, 2.24) is 4.98 Å². The minimum atomic E-state index is -0.561. The fourth-order valence-electron chi connectivity index (χ4n) is 1.42. The fourth-order valence-corrected chi connectivity index (χ4v) is 1.68. The van der Waals surface area contributed by atoms with Crippen LogP contribution in [0.3, 0.4) is 0 Å². The van der Waals surface area contributed by atoms with Crippen molar-refractivity contribution in [3.05, 3.63) is 62.9 Å². The van der Waals surface area contributed by atoms with E-state index < -0.39 is 4.92 Å². The molecule has 2 aromatic rings. The number of nitro benzene ring substituents is 1. The number of hydrogen-bond acceptors (Lipinski definition) is 3. The first-order chi connectivity index (χ1) is 8.09. The largest absolute Gasteiger partial charge is 0.359 e. The normalized spacial score (nSPS) is 10.2. The SMILES string of the molecule is O=C(c1ccc[nH]1)c1ccc([N+](=O)[O-])cc1Cl. The number of rotatable bonds is 3. The highest BCUT2D eigenvalue weighted by Gasteiger charge is 2.16. The molecule has 5 nitrogen and oxygen atoms in total. The number of halogens is 1. The minimum Gasteiger partial charge on any atom is -0.359 e. The van der Waals surface area contributed by atoms with E-state index in [-0.39, 0.29) is 22.1 Å². The number of hydrogen-bond donors (Lipinski definition) is 1. The number of aromatic amines is 1. The first-order valence-corrected chi connectivity index (χ1v) is 5.09. The lowest BCUT2D eigenvalue weighted by Gasteiger charge is -2.01. The first-order valence-electron chi connectivity index (χ1n) is 4.71. The van der Waals surface area contributed by atoms with Crippen molar-refractivity contribution >= 4 is 23.1 Å². The molecule has 1 aromatic carbocycles. The third-order valence-electron chi connectivity index (χ3n) is 2.25. The van der Waals surface area contributed by atoms with Gasteiger partial charge in [0.2, 0.25) is 5.78 Å². The number of non-ortho nitro benzene ring substituents is 1. The van der Waals surface area contributed by atoms with Gasteiger partial charge in [0.15, 0.2) is 0 Å². The monoisotopic (exact) mass is 250 g/mol. The van der Waals surface area contributed by atoms with Gasteiger partial charge in [-0.15, -0.1) is 0 Å². The molecule has 0 aliphatic rings. The number of nitro groups is 1. The Balaban J connectivity index is 2.41. The third-order valence-corrected chi connectivity index (χ3v) is 2.56. The van der Waals surface area contributed by atoms with Crippen molar-refractivity contribution < 1.29 is 9.72 Å². The summed E-state index contributed by atoms with van der Waals surface area (Å²) in [5, 5.41) is 10.6. The van der Waals surface area contributed by atoms with Crippen LogP contribution < -0.4 is 0 Å². The molecular weight excluding hydrogens is 244 g/mol. The quantitative estimate of drug-likeness (QED) is 0.517. The second-order valence-corrected chi connectivity index (χ2v) is 3.74. The summed E-state index contributed by atoms with van der Waals surface area (Å²) in [6.07, 6.45) is 1.62. The van der Waals surface area contributed by atoms with E-state index in [1.165, 1.54) is 12.1 Å². The van der Waals surface area contributed by atoms with Crippen molar-refractivity contribution in [2.75, 3.05) is 0 Å². The van der Waals surface area contributed by atoms with Gasteiger partial charge in [0.25, 0.3) is 5.69 Å². The number of nitrogens with one attached hydrogen (secondary N) is 1. The third kappa shape index (κ3) is 2.19. The maximum Gasteiger partial charge on any atom is 0.270 e. The Kier molecular flexibility index (Phi) is 2.93. The Labute approximate surface area is 101 Å².